The van der Waals surface area contributed by atoms with Gasteiger partial charge in [0.15, 0.2) is 0 Å². The smallest absolute Gasteiger partial charge is 0.0447 e. The molecule has 0 rings (SSSR count). The topological polar surface area (TPSA) is 55.3 Å². The molecular formula is C8H19N3. The highest BCUT2D eigenvalue weighted by molar-refractivity contribution is 4.98. The maximum atomic E-state index is 5.54. The van der Waals surface area contributed by atoms with Crippen LogP contribution in [-0.2, 0) is 0 Å². The molecule has 0 atom stereocenters. The van der Waals surface area contributed by atoms with E-state index in [0.717, 1.165) is 12.1 Å². The predicted molar refractivity (Wildman–Crippen MR) is 48.3 cm³/mol. The summed E-state index contributed by atoms with van der Waals surface area (Å²) < 4.78 is 0. The van der Waals surface area contributed by atoms with Gasteiger partial charge in [-0.3, -0.25) is 0 Å². The van der Waals surface area contributed by atoms with E-state index in [0.29, 0.717) is 0 Å². The predicted octanol–water partition coefficient (Wildman–Crippen LogP) is 1.03. The Morgan fingerprint density at radius 3 is 2.00 bits per heavy atom. The molecule has 0 unspecified atom stereocenters. The maximum absolute atomic E-state index is 5.54. The molecule has 0 fully saturated rings. The van der Waals surface area contributed by atoms with Crippen LogP contribution in [0.2, 0.25) is 0 Å². The Hall–Kier alpha value is -0.700. The van der Waals surface area contributed by atoms with Gasteiger partial charge in [0.2, 0.25) is 0 Å². The van der Waals surface area contributed by atoms with Crippen LogP contribution in [0.3, 0.4) is 0 Å². The second kappa shape index (κ2) is 3.62. The Morgan fingerprint density at radius 2 is 1.91 bits per heavy atom. The fraction of sp³-hybridized carbons (Fsp3) is 0.750. The molecule has 0 saturated carbocycles. The fourth-order valence-corrected chi connectivity index (χ4v) is 0.845. The minimum absolute atomic E-state index is 0.235. The average molecular weight is 157 g/mol. The molecule has 11 heavy (non-hydrogen) atoms. The zero-order valence-corrected chi connectivity index (χ0v) is 7.89. The highest BCUT2D eigenvalue weighted by Crippen LogP contribution is 2.23. The van der Waals surface area contributed by atoms with Crippen LogP contribution in [0.5, 0.6) is 0 Å². The summed E-state index contributed by atoms with van der Waals surface area (Å²) in [5.74, 6) is 5.54. The molecule has 0 amide bonds. The van der Waals surface area contributed by atoms with Crippen molar-refractivity contribution < 1.29 is 0 Å². The summed E-state index contributed by atoms with van der Waals surface area (Å²) in [5.41, 5.74) is 6.60. The second-order valence-corrected chi connectivity index (χ2v) is 4.01. The Labute approximate surface area is 69.0 Å². The van der Waals surface area contributed by atoms with Gasteiger partial charge in [-0.15, -0.1) is 0 Å². The van der Waals surface area contributed by atoms with Crippen LogP contribution in [0.15, 0.2) is 11.9 Å². The molecule has 4 N–H and O–H groups in total. The van der Waals surface area contributed by atoms with Crippen molar-refractivity contribution in [2.75, 3.05) is 7.05 Å². The van der Waals surface area contributed by atoms with Gasteiger partial charge >= 0.3 is 0 Å². The van der Waals surface area contributed by atoms with Crippen LogP contribution in [0, 0.1) is 5.41 Å². The van der Waals surface area contributed by atoms with E-state index in [9.17, 15) is 0 Å². The number of hydrogen-bond donors (Lipinski definition) is 2. The lowest BCUT2D eigenvalue weighted by Gasteiger charge is -2.24. The first-order valence-corrected chi connectivity index (χ1v) is 3.76. The summed E-state index contributed by atoms with van der Waals surface area (Å²) in [6.07, 6.45) is 2.46. The number of allylic oxidation sites excluding steroid dienone is 1. The summed E-state index contributed by atoms with van der Waals surface area (Å²) in [7, 11) is 1.80. The second-order valence-electron chi connectivity index (χ2n) is 4.01. The van der Waals surface area contributed by atoms with Gasteiger partial charge < -0.3 is 10.7 Å². The van der Waals surface area contributed by atoms with Crippen molar-refractivity contribution in [2.45, 2.75) is 27.2 Å². The highest BCUT2D eigenvalue weighted by atomic mass is 15.4. The van der Waals surface area contributed by atoms with E-state index in [1.54, 1.807) is 18.3 Å². The number of hydrazine groups is 1. The number of rotatable bonds is 2. The lowest BCUT2D eigenvalue weighted by molar-refractivity contribution is 0.331. The van der Waals surface area contributed by atoms with Crippen molar-refractivity contribution in [3.63, 3.8) is 0 Å². The first-order chi connectivity index (χ1) is 4.87. The molecule has 0 radical (unpaired) electrons. The summed E-state index contributed by atoms with van der Waals surface area (Å²) in [6, 6.07) is 0. The van der Waals surface area contributed by atoms with Crippen molar-refractivity contribution in [1.82, 2.24) is 5.01 Å². The normalized spacial score (nSPS) is 13.4. The summed E-state index contributed by atoms with van der Waals surface area (Å²) in [6.45, 7) is 6.46. The van der Waals surface area contributed by atoms with Crippen LogP contribution in [0.1, 0.15) is 27.2 Å². The summed E-state index contributed by atoms with van der Waals surface area (Å²) in [5, 5.41) is 1.56. The molecule has 0 saturated heterocycles. The Bertz CT molecular complexity index is 142. The van der Waals surface area contributed by atoms with Crippen molar-refractivity contribution >= 4 is 0 Å². The molecule has 0 aliphatic rings. The van der Waals surface area contributed by atoms with Gasteiger partial charge in [0.05, 0.1) is 0 Å². The molecule has 3 heteroatoms. The quantitative estimate of drug-likeness (QED) is 0.465. The average Bonchev–Trinajstić information content (AvgIpc) is 1.80. The molecular weight excluding hydrogens is 138 g/mol. The Kier molecular flexibility index (Phi) is 3.39. The number of nitrogens with zero attached hydrogens (tertiary/aromatic N) is 1. The molecule has 0 aliphatic heterocycles. The zero-order chi connectivity index (χ0) is 9.07. The van der Waals surface area contributed by atoms with E-state index in [2.05, 4.69) is 20.8 Å². The third-order valence-electron chi connectivity index (χ3n) is 1.36. The maximum Gasteiger partial charge on any atom is 0.0447 e. The highest BCUT2D eigenvalue weighted by Gasteiger charge is 2.13. The summed E-state index contributed by atoms with van der Waals surface area (Å²) in [4.78, 5) is 0. The van der Waals surface area contributed by atoms with Crippen LogP contribution < -0.4 is 11.6 Å². The van der Waals surface area contributed by atoms with E-state index >= 15 is 0 Å². The SMILES string of the molecule is CN(N)/C(=C\N)CC(C)(C)C. The van der Waals surface area contributed by atoms with Crippen molar-refractivity contribution in [3.05, 3.63) is 11.9 Å². The van der Waals surface area contributed by atoms with Crippen LogP contribution in [0.25, 0.3) is 0 Å². The third kappa shape index (κ3) is 4.67. The van der Waals surface area contributed by atoms with Gasteiger partial charge in [0.1, 0.15) is 0 Å². The molecule has 0 aromatic heterocycles. The van der Waals surface area contributed by atoms with Crippen LogP contribution in [-0.4, -0.2) is 12.1 Å². The Morgan fingerprint density at radius 1 is 1.45 bits per heavy atom. The van der Waals surface area contributed by atoms with E-state index < -0.39 is 0 Å². The lowest BCUT2D eigenvalue weighted by atomic mass is 9.90. The Balaban J connectivity index is 4.12. The molecule has 0 aromatic carbocycles. The first-order valence-electron chi connectivity index (χ1n) is 3.76. The van der Waals surface area contributed by atoms with Crippen molar-refractivity contribution in [2.24, 2.45) is 17.0 Å². The number of hydrogen-bond acceptors (Lipinski definition) is 3. The largest absolute Gasteiger partial charge is 0.403 e. The molecule has 3 nitrogen and oxygen atoms in total. The van der Waals surface area contributed by atoms with Gasteiger partial charge in [0.25, 0.3) is 0 Å². The minimum atomic E-state index is 0.235. The molecule has 0 spiro atoms. The lowest BCUT2D eigenvalue weighted by Crippen LogP contribution is -2.28. The van der Waals surface area contributed by atoms with E-state index in [1.807, 2.05) is 0 Å². The first kappa shape index (κ1) is 10.3. The third-order valence-corrected chi connectivity index (χ3v) is 1.36. The monoisotopic (exact) mass is 157 g/mol. The standard InChI is InChI=1S/C8H19N3/c1-8(2,3)5-7(6-9)11(4)10/h6H,5,9-10H2,1-4H3/b7-6-. The van der Waals surface area contributed by atoms with E-state index in [1.165, 1.54) is 0 Å². The van der Waals surface area contributed by atoms with Gasteiger partial charge in [-0.2, -0.15) is 0 Å². The summed E-state index contributed by atoms with van der Waals surface area (Å²) >= 11 is 0. The molecule has 0 bridgehead atoms. The molecule has 0 heterocycles. The van der Waals surface area contributed by atoms with Gasteiger partial charge in [-0.05, 0) is 11.8 Å². The number of nitrogens with two attached hydrogens (primary N) is 2. The van der Waals surface area contributed by atoms with Crippen molar-refractivity contribution in [1.29, 1.82) is 0 Å². The fourth-order valence-electron chi connectivity index (χ4n) is 0.845. The van der Waals surface area contributed by atoms with Gasteiger partial charge in [-0.1, -0.05) is 20.8 Å². The van der Waals surface area contributed by atoms with Crippen LogP contribution >= 0.6 is 0 Å². The van der Waals surface area contributed by atoms with Crippen LogP contribution in [0.4, 0.5) is 0 Å². The molecule has 0 aliphatic carbocycles. The van der Waals surface area contributed by atoms with Gasteiger partial charge in [-0.25, -0.2) is 5.84 Å². The molecule has 0 aromatic rings. The molecule has 66 valence electrons. The van der Waals surface area contributed by atoms with E-state index in [-0.39, 0.29) is 5.41 Å². The van der Waals surface area contributed by atoms with E-state index in [4.69, 9.17) is 11.6 Å². The minimum Gasteiger partial charge on any atom is -0.403 e. The zero-order valence-electron chi connectivity index (χ0n) is 7.89. The van der Waals surface area contributed by atoms with Gasteiger partial charge in [0, 0.05) is 18.9 Å². The van der Waals surface area contributed by atoms with Crippen molar-refractivity contribution in [3.8, 4) is 0 Å².